The number of halogens is 5. The highest BCUT2D eigenvalue weighted by Gasteiger charge is 2.31. The van der Waals surface area contributed by atoms with Crippen molar-refractivity contribution < 1.29 is 22.0 Å². The van der Waals surface area contributed by atoms with Crippen LogP contribution in [0.25, 0.3) is 21.9 Å². The third kappa shape index (κ3) is 2.84. The maximum absolute atomic E-state index is 13.7. The van der Waals surface area contributed by atoms with Gasteiger partial charge in [-0.1, -0.05) is 12.1 Å². The van der Waals surface area contributed by atoms with E-state index in [2.05, 4.69) is 0 Å². The molecule has 0 fully saturated rings. The van der Waals surface area contributed by atoms with Gasteiger partial charge in [0.2, 0.25) is 0 Å². The Kier molecular flexibility index (Phi) is 4.09. The average Bonchev–Trinajstić information content (AvgIpc) is 2.60. The summed E-state index contributed by atoms with van der Waals surface area (Å²) in [6.07, 6.45) is -4.62. The van der Waals surface area contributed by atoms with Gasteiger partial charge in [0.1, 0.15) is 12.1 Å². The first-order chi connectivity index (χ1) is 12.3. The van der Waals surface area contributed by atoms with Crippen molar-refractivity contribution in [3.05, 3.63) is 70.8 Å². The Hall–Kier alpha value is -3.45. The third-order valence-corrected chi connectivity index (χ3v) is 3.89. The largest absolute Gasteiger partial charge is 0.416 e. The summed E-state index contributed by atoms with van der Waals surface area (Å²) in [6, 6.07) is 10.5. The molecule has 7 heteroatoms. The second-order valence-electron chi connectivity index (χ2n) is 5.46. The summed E-state index contributed by atoms with van der Waals surface area (Å²) in [5.41, 5.74) is -1.38. The number of hydrogen-bond donors (Lipinski definition) is 0. The molecule has 0 atom stereocenters. The zero-order valence-electron chi connectivity index (χ0n) is 12.8. The molecule has 3 rings (SSSR count). The van der Waals surface area contributed by atoms with E-state index in [-0.39, 0.29) is 33.0 Å². The summed E-state index contributed by atoms with van der Waals surface area (Å²) in [5.74, 6) is -2.37. The lowest BCUT2D eigenvalue weighted by atomic mass is 9.89. The molecule has 128 valence electrons. The fourth-order valence-electron chi connectivity index (χ4n) is 2.75. The highest BCUT2D eigenvalue weighted by Crippen LogP contribution is 2.38. The van der Waals surface area contributed by atoms with Crippen LogP contribution in [0.1, 0.15) is 16.7 Å². The van der Waals surface area contributed by atoms with Crippen LogP contribution in [-0.4, -0.2) is 0 Å². The zero-order chi connectivity index (χ0) is 19.1. The smallest absolute Gasteiger partial charge is 0.204 e. The minimum Gasteiger partial charge on any atom is -0.204 e. The Morgan fingerprint density at radius 3 is 2.15 bits per heavy atom. The molecule has 0 aliphatic heterocycles. The van der Waals surface area contributed by atoms with Gasteiger partial charge in [0.05, 0.1) is 16.7 Å². The van der Waals surface area contributed by atoms with Crippen LogP contribution in [0.4, 0.5) is 22.0 Å². The lowest BCUT2D eigenvalue weighted by Crippen LogP contribution is -2.05. The normalized spacial score (nSPS) is 11.2. The second-order valence-corrected chi connectivity index (χ2v) is 5.46. The molecule has 0 unspecified atom stereocenters. The van der Waals surface area contributed by atoms with Crippen molar-refractivity contribution in [2.45, 2.75) is 6.18 Å². The molecule has 0 saturated heterocycles. The molecule has 0 aliphatic carbocycles. The van der Waals surface area contributed by atoms with Crippen molar-refractivity contribution in [1.29, 1.82) is 10.5 Å². The summed E-state index contributed by atoms with van der Waals surface area (Å²) >= 11 is 0. The molecule has 0 spiro atoms. The number of benzene rings is 3. The zero-order valence-corrected chi connectivity index (χ0v) is 12.8. The van der Waals surface area contributed by atoms with E-state index < -0.39 is 23.4 Å². The van der Waals surface area contributed by atoms with E-state index in [1.165, 1.54) is 12.1 Å². The van der Waals surface area contributed by atoms with Crippen LogP contribution >= 0.6 is 0 Å². The van der Waals surface area contributed by atoms with E-state index in [0.717, 1.165) is 30.3 Å². The predicted octanol–water partition coefficient (Wildman–Crippen LogP) is 5.55. The van der Waals surface area contributed by atoms with Gasteiger partial charge in [-0.25, -0.2) is 8.78 Å². The number of rotatable bonds is 1. The fourth-order valence-corrected chi connectivity index (χ4v) is 2.75. The van der Waals surface area contributed by atoms with Crippen molar-refractivity contribution in [2.75, 3.05) is 0 Å². The molecular formula is C19H7F5N2. The van der Waals surface area contributed by atoms with E-state index in [9.17, 15) is 32.5 Å². The van der Waals surface area contributed by atoms with E-state index in [0.29, 0.717) is 0 Å². The summed E-state index contributed by atoms with van der Waals surface area (Å²) in [7, 11) is 0. The number of fused-ring (bicyclic) bond motifs is 1. The molecule has 0 aromatic heterocycles. The molecule has 0 N–H and O–H groups in total. The molecule has 2 nitrogen and oxygen atoms in total. The van der Waals surface area contributed by atoms with Gasteiger partial charge in [0.15, 0.2) is 11.6 Å². The van der Waals surface area contributed by atoms with Crippen LogP contribution in [0.5, 0.6) is 0 Å². The second kappa shape index (κ2) is 6.12. The van der Waals surface area contributed by atoms with Crippen LogP contribution < -0.4 is 0 Å². The Balaban J connectivity index is 2.47. The first-order valence-corrected chi connectivity index (χ1v) is 7.20. The average molecular weight is 358 g/mol. The molecule has 3 aromatic rings. The van der Waals surface area contributed by atoms with Gasteiger partial charge in [-0.2, -0.15) is 23.7 Å². The van der Waals surface area contributed by atoms with Crippen LogP contribution in [0.15, 0.2) is 42.5 Å². The topological polar surface area (TPSA) is 47.6 Å². The summed E-state index contributed by atoms with van der Waals surface area (Å²) < 4.78 is 66.3. The number of nitrogens with zero attached hydrogens (tertiary/aromatic N) is 2. The molecule has 0 radical (unpaired) electrons. The maximum Gasteiger partial charge on any atom is 0.416 e. The fraction of sp³-hybridized carbons (Fsp3) is 0.0526. The van der Waals surface area contributed by atoms with Crippen LogP contribution in [0.3, 0.4) is 0 Å². The van der Waals surface area contributed by atoms with Gasteiger partial charge >= 0.3 is 6.18 Å². The van der Waals surface area contributed by atoms with Crippen molar-refractivity contribution in [3.63, 3.8) is 0 Å². The Morgan fingerprint density at radius 2 is 1.54 bits per heavy atom. The first kappa shape index (κ1) is 17.4. The number of alkyl halides is 3. The molecule has 26 heavy (non-hydrogen) atoms. The van der Waals surface area contributed by atoms with E-state index in [4.69, 9.17) is 0 Å². The molecule has 0 amide bonds. The highest BCUT2D eigenvalue weighted by molar-refractivity contribution is 6.01. The number of hydrogen-bond acceptors (Lipinski definition) is 2. The third-order valence-electron chi connectivity index (χ3n) is 3.89. The highest BCUT2D eigenvalue weighted by atomic mass is 19.4. The first-order valence-electron chi connectivity index (χ1n) is 7.20. The quantitative estimate of drug-likeness (QED) is 0.536. The predicted molar refractivity (Wildman–Crippen MR) is 83.7 cm³/mol. The molecule has 0 saturated carbocycles. The maximum atomic E-state index is 13.7. The lowest BCUT2D eigenvalue weighted by molar-refractivity contribution is -0.137. The molecule has 0 heterocycles. The van der Waals surface area contributed by atoms with E-state index in [1.54, 1.807) is 12.1 Å². The Bertz CT molecular complexity index is 1120. The van der Waals surface area contributed by atoms with E-state index >= 15 is 0 Å². The van der Waals surface area contributed by atoms with Gasteiger partial charge in [0, 0.05) is 5.56 Å². The summed E-state index contributed by atoms with van der Waals surface area (Å²) in [6.45, 7) is 0. The lowest BCUT2D eigenvalue weighted by Gasteiger charge is -2.14. The van der Waals surface area contributed by atoms with Crippen molar-refractivity contribution in [3.8, 4) is 23.3 Å². The monoisotopic (exact) mass is 358 g/mol. The van der Waals surface area contributed by atoms with Crippen molar-refractivity contribution in [1.82, 2.24) is 0 Å². The Morgan fingerprint density at radius 1 is 0.846 bits per heavy atom. The van der Waals surface area contributed by atoms with Crippen molar-refractivity contribution >= 4 is 10.8 Å². The van der Waals surface area contributed by atoms with Gasteiger partial charge < -0.3 is 0 Å². The van der Waals surface area contributed by atoms with Gasteiger partial charge in [-0.05, 0) is 46.7 Å². The standard InChI is InChI=1S/C19H7F5N2/c20-16-6-11-4-12(8-25)15(9-26)18(14(11)7-17(16)21)10-2-1-3-13(5-10)19(22,23)24/h1-7H. The molecule has 0 aliphatic rings. The van der Waals surface area contributed by atoms with Crippen LogP contribution in [-0.2, 0) is 6.18 Å². The van der Waals surface area contributed by atoms with Crippen molar-refractivity contribution in [2.24, 2.45) is 0 Å². The summed E-state index contributed by atoms with van der Waals surface area (Å²) in [5, 5.41) is 18.8. The van der Waals surface area contributed by atoms with E-state index in [1.807, 2.05) is 0 Å². The number of nitriles is 2. The van der Waals surface area contributed by atoms with Crippen LogP contribution in [0, 0.1) is 34.3 Å². The Labute approximate surface area is 144 Å². The van der Waals surface area contributed by atoms with Gasteiger partial charge in [0.25, 0.3) is 0 Å². The van der Waals surface area contributed by atoms with Gasteiger partial charge in [-0.15, -0.1) is 0 Å². The SMILES string of the molecule is N#Cc1cc2cc(F)c(F)cc2c(-c2cccc(C(F)(F)F)c2)c1C#N. The molecule has 3 aromatic carbocycles. The van der Waals surface area contributed by atoms with Gasteiger partial charge in [-0.3, -0.25) is 0 Å². The minimum atomic E-state index is -4.62. The molecule has 0 bridgehead atoms. The summed E-state index contributed by atoms with van der Waals surface area (Å²) in [4.78, 5) is 0. The molecular weight excluding hydrogens is 351 g/mol. The van der Waals surface area contributed by atoms with Crippen LogP contribution in [0.2, 0.25) is 0 Å². The minimum absolute atomic E-state index is 0.0236.